The summed E-state index contributed by atoms with van der Waals surface area (Å²) in [5.41, 5.74) is 2.87. The van der Waals surface area contributed by atoms with Gasteiger partial charge in [-0.3, -0.25) is 0 Å². The molecule has 0 radical (unpaired) electrons. The molecule has 1 unspecified atom stereocenters. The SMILES string of the molecule is CONCCC1CCCN1C. The molecule has 66 valence electrons. The average Bonchev–Trinajstić information content (AvgIpc) is 2.37. The van der Waals surface area contributed by atoms with Crippen LogP contribution in [-0.2, 0) is 4.84 Å². The van der Waals surface area contributed by atoms with Gasteiger partial charge < -0.3 is 9.74 Å². The van der Waals surface area contributed by atoms with Gasteiger partial charge >= 0.3 is 0 Å². The third-order valence-corrected chi connectivity index (χ3v) is 2.40. The third kappa shape index (κ3) is 2.77. The second-order valence-corrected chi connectivity index (χ2v) is 3.16. The summed E-state index contributed by atoms with van der Waals surface area (Å²) in [6.45, 7) is 2.23. The minimum absolute atomic E-state index is 0.776. The van der Waals surface area contributed by atoms with Crippen molar-refractivity contribution >= 4 is 0 Å². The van der Waals surface area contributed by atoms with Crippen molar-refractivity contribution in [2.45, 2.75) is 25.3 Å². The van der Waals surface area contributed by atoms with Crippen molar-refractivity contribution < 1.29 is 4.84 Å². The summed E-state index contributed by atoms with van der Waals surface area (Å²) >= 11 is 0. The van der Waals surface area contributed by atoms with E-state index in [-0.39, 0.29) is 0 Å². The molecule has 1 aliphatic heterocycles. The van der Waals surface area contributed by atoms with Crippen LogP contribution in [0.4, 0.5) is 0 Å². The lowest BCUT2D eigenvalue weighted by molar-refractivity contribution is 0.0855. The number of nitrogens with one attached hydrogen (secondary N) is 1. The highest BCUT2D eigenvalue weighted by Crippen LogP contribution is 2.16. The van der Waals surface area contributed by atoms with Crippen LogP contribution in [-0.4, -0.2) is 38.2 Å². The smallest absolute Gasteiger partial charge is 0.0572 e. The van der Waals surface area contributed by atoms with Gasteiger partial charge in [0.2, 0.25) is 0 Å². The van der Waals surface area contributed by atoms with Crippen molar-refractivity contribution in [3.63, 3.8) is 0 Å². The monoisotopic (exact) mass is 158 g/mol. The molecule has 0 aromatic heterocycles. The Morgan fingerprint density at radius 1 is 1.64 bits per heavy atom. The predicted molar refractivity (Wildman–Crippen MR) is 45.3 cm³/mol. The molecule has 0 amide bonds. The minimum atomic E-state index is 0.776. The molecule has 1 saturated heterocycles. The van der Waals surface area contributed by atoms with Crippen LogP contribution in [0.5, 0.6) is 0 Å². The predicted octanol–water partition coefficient (Wildman–Crippen LogP) is 0.622. The number of nitrogens with zero attached hydrogens (tertiary/aromatic N) is 1. The molecular weight excluding hydrogens is 140 g/mol. The van der Waals surface area contributed by atoms with E-state index in [0.717, 1.165) is 12.6 Å². The molecule has 1 atom stereocenters. The van der Waals surface area contributed by atoms with Crippen molar-refractivity contribution in [3.05, 3.63) is 0 Å². The maximum absolute atomic E-state index is 4.77. The van der Waals surface area contributed by atoms with Crippen molar-refractivity contribution in [3.8, 4) is 0 Å². The summed E-state index contributed by atoms with van der Waals surface area (Å²) in [5.74, 6) is 0. The quantitative estimate of drug-likeness (QED) is 0.479. The molecule has 0 saturated carbocycles. The van der Waals surface area contributed by atoms with Crippen molar-refractivity contribution in [1.29, 1.82) is 0 Å². The molecule has 1 fully saturated rings. The van der Waals surface area contributed by atoms with Crippen molar-refractivity contribution in [1.82, 2.24) is 10.4 Å². The number of hydroxylamine groups is 1. The van der Waals surface area contributed by atoms with Gasteiger partial charge in [0, 0.05) is 12.6 Å². The largest absolute Gasteiger partial charge is 0.305 e. The molecule has 1 heterocycles. The van der Waals surface area contributed by atoms with Gasteiger partial charge in [0.1, 0.15) is 0 Å². The minimum Gasteiger partial charge on any atom is -0.305 e. The zero-order chi connectivity index (χ0) is 8.10. The lowest BCUT2D eigenvalue weighted by Gasteiger charge is -2.18. The first-order valence-corrected chi connectivity index (χ1v) is 4.30. The summed E-state index contributed by atoms with van der Waals surface area (Å²) in [6, 6.07) is 0.776. The van der Waals surface area contributed by atoms with Crippen molar-refractivity contribution in [2.75, 3.05) is 27.2 Å². The topological polar surface area (TPSA) is 24.5 Å². The molecule has 11 heavy (non-hydrogen) atoms. The van der Waals surface area contributed by atoms with Crippen LogP contribution in [0.15, 0.2) is 0 Å². The third-order valence-electron chi connectivity index (χ3n) is 2.40. The first-order chi connectivity index (χ1) is 5.34. The van der Waals surface area contributed by atoms with E-state index in [0.29, 0.717) is 0 Å². The lowest BCUT2D eigenvalue weighted by Crippen LogP contribution is -2.28. The lowest BCUT2D eigenvalue weighted by atomic mass is 10.1. The first kappa shape index (κ1) is 8.97. The van der Waals surface area contributed by atoms with Crippen LogP contribution in [0.3, 0.4) is 0 Å². The highest BCUT2D eigenvalue weighted by atomic mass is 16.6. The molecule has 0 spiro atoms. The van der Waals surface area contributed by atoms with Gasteiger partial charge in [0.05, 0.1) is 7.11 Å². The Kier molecular flexibility index (Phi) is 3.83. The number of hydrogen-bond donors (Lipinski definition) is 1. The summed E-state index contributed by atoms with van der Waals surface area (Å²) in [7, 11) is 3.86. The standard InChI is InChI=1S/C8H18N2O/c1-10-7-3-4-8(10)5-6-9-11-2/h8-9H,3-7H2,1-2H3. The fraction of sp³-hybridized carbons (Fsp3) is 1.00. The molecule has 0 aromatic carbocycles. The zero-order valence-corrected chi connectivity index (χ0v) is 7.47. The molecule has 1 N–H and O–H groups in total. The van der Waals surface area contributed by atoms with E-state index in [4.69, 9.17) is 4.84 Å². The van der Waals surface area contributed by atoms with Gasteiger partial charge in [-0.25, -0.2) is 5.48 Å². The van der Waals surface area contributed by atoms with E-state index in [1.165, 1.54) is 25.8 Å². The van der Waals surface area contributed by atoms with E-state index >= 15 is 0 Å². The van der Waals surface area contributed by atoms with Gasteiger partial charge in [-0.1, -0.05) is 0 Å². The summed E-state index contributed by atoms with van der Waals surface area (Å²) in [4.78, 5) is 7.20. The molecular formula is C8H18N2O. The summed E-state index contributed by atoms with van der Waals surface area (Å²) in [6.07, 6.45) is 3.90. The molecule has 1 aliphatic rings. The maximum Gasteiger partial charge on any atom is 0.0572 e. The molecule has 3 nitrogen and oxygen atoms in total. The summed E-state index contributed by atoms with van der Waals surface area (Å²) in [5, 5.41) is 0. The maximum atomic E-state index is 4.77. The van der Waals surface area contributed by atoms with E-state index in [1.54, 1.807) is 7.11 Å². The van der Waals surface area contributed by atoms with Gasteiger partial charge in [0.15, 0.2) is 0 Å². The Morgan fingerprint density at radius 2 is 2.45 bits per heavy atom. The highest BCUT2D eigenvalue weighted by molar-refractivity contribution is 4.76. The molecule has 3 heteroatoms. The molecule has 0 aliphatic carbocycles. The first-order valence-electron chi connectivity index (χ1n) is 4.30. The van der Waals surface area contributed by atoms with Crippen LogP contribution >= 0.6 is 0 Å². The highest BCUT2D eigenvalue weighted by Gasteiger charge is 2.19. The molecule has 0 bridgehead atoms. The second-order valence-electron chi connectivity index (χ2n) is 3.16. The Morgan fingerprint density at radius 3 is 3.00 bits per heavy atom. The fourth-order valence-corrected chi connectivity index (χ4v) is 1.67. The Balaban J connectivity index is 2.05. The Bertz CT molecular complexity index is 108. The fourth-order valence-electron chi connectivity index (χ4n) is 1.67. The molecule has 1 rings (SSSR count). The molecule has 0 aromatic rings. The average molecular weight is 158 g/mol. The number of likely N-dealkylation sites (tertiary alicyclic amines) is 1. The van der Waals surface area contributed by atoms with Gasteiger partial charge in [-0.2, -0.15) is 0 Å². The van der Waals surface area contributed by atoms with E-state index < -0.39 is 0 Å². The van der Waals surface area contributed by atoms with E-state index in [9.17, 15) is 0 Å². The van der Waals surface area contributed by atoms with Crippen LogP contribution in [0.25, 0.3) is 0 Å². The van der Waals surface area contributed by atoms with Gasteiger partial charge in [-0.05, 0) is 32.9 Å². The van der Waals surface area contributed by atoms with Gasteiger partial charge in [0.25, 0.3) is 0 Å². The second kappa shape index (κ2) is 4.70. The normalized spacial score (nSPS) is 26.2. The number of hydrogen-bond acceptors (Lipinski definition) is 3. The zero-order valence-electron chi connectivity index (χ0n) is 7.47. The number of rotatable bonds is 4. The van der Waals surface area contributed by atoms with Crippen LogP contribution in [0, 0.1) is 0 Å². The van der Waals surface area contributed by atoms with Crippen molar-refractivity contribution in [2.24, 2.45) is 0 Å². The Hall–Kier alpha value is -0.120. The van der Waals surface area contributed by atoms with E-state index in [1.807, 2.05) is 0 Å². The van der Waals surface area contributed by atoms with Crippen LogP contribution in [0.1, 0.15) is 19.3 Å². The van der Waals surface area contributed by atoms with Gasteiger partial charge in [-0.15, -0.1) is 0 Å². The van der Waals surface area contributed by atoms with Crippen LogP contribution in [0.2, 0.25) is 0 Å². The summed E-state index contributed by atoms with van der Waals surface area (Å²) < 4.78 is 0. The van der Waals surface area contributed by atoms with Crippen LogP contribution < -0.4 is 5.48 Å². The Labute approximate surface area is 68.7 Å². The van der Waals surface area contributed by atoms with E-state index in [2.05, 4.69) is 17.4 Å².